The predicted molar refractivity (Wildman–Crippen MR) is 61.9 cm³/mol. The van der Waals surface area contributed by atoms with Crippen molar-refractivity contribution in [3.8, 4) is 0 Å². The lowest BCUT2D eigenvalue weighted by molar-refractivity contribution is 0.0600. The van der Waals surface area contributed by atoms with Crippen LogP contribution in [0.2, 0.25) is 0 Å². The van der Waals surface area contributed by atoms with Gasteiger partial charge in [-0.15, -0.1) is 0 Å². The zero-order chi connectivity index (χ0) is 11.4. The summed E-state index contributed by atoms with van der Waals surface area (Å²) >= 11 is 0. The van der Waals surface area contributed by atoms with E-state index in [9.17, 15) is 4.79 Å². The smallest absolute Gasteiger partial charge is 0.338 e. The van der Waals surface area contributed by atoms with Crippen molar-refractivity contribution in [1.29, 1.82) is 0 Å². The van der Waals surface area contributed by atoms with Crippen LogP contribution in [0, 0.1) is 0 Å². The van der Waals surface area contributed by atoms with E-state index >= 15 is 0 Å². The van der Waals surface area contributed by atoms with Gasteiger partial charge in [-0.05, 0) is 30.5 Å². The highest BCUT2D eigenvalue weighted by Crippen LogP contribution is 2.20. The molecule has 0 fully saturated rings. The van der Waals surface area contributed by atoms with Crippen LogP contribution in [0.5, 0.6) is 0 Å². The van der Waals surface area contributed by atoms with Crippen molar-refractivity contribution in [2.24, 2.45) is 0 Å². The van der Waals surface area contributed by atoms with Gasteiger partial charge >= 0.3 is 5.97 Å². The van der Waals surface area contributed by atoms with Crippen molar-refractivity contribution in [2.45, 2.75) is 20.3 Å². The minimum absolute atomic E-state index is 0.302. The molecule has 15 heavy (non-hydrogen) atoms. The molecule has 2 heteroatoms. The summed E-state index contributed by atoms with van der Waals surface area (Å²) in [5, 5.41) is 0. The second kappa shape index (κ2) is 4.78. The number of benzene rings is 1. The van der Waals surface area contributed by atoms with Crippen LogP contribution in [0.25, 0.3) is 5.57 Å². The molecule has 0 atom stereocenters. The minimum atomic E-state index is -0.302. The van der Waals surface area contributed by atoms with Gasteiger partial charge in [-0.2, -0.15) is 0 Å². The SMILES string of the molecule is C=C(C)c1ccc(CC)cc1C(=O)OC. The molecule has 0 bridgehead atoms. The molecule has 1 rings (SSSR count). The molecule has 0 N–H and O–H groups in total. The Bertz CT molecular complexity index is 392. The van der Waals surface area contributed by atoms with Crippen molar-refractivity contribution < 1.29 is 9.53 Å². The van der Waals surface area contributed by atoms with E-state index < -0.39 is 0 Å². The summed E-state index contributed by atoms with van der Waals surface area (Å²) in [6.07, 6.45) is 0.903. The Morgan fingerprint density at radius 1 is 1.40 bits per heavy atom. The molecule has 0 amide bonds. The van der Waals surface area contributed by atoms with Crippen LogP contribution in [0.3, 0.4) is 0 Å². The quantitative estimate of drug-likeness (QED) is 0.707. The van der Waals surface area contributed by atoms with Crippen LogP contribution >= 0.6 is 0 Å². The first-order valence-electron chi connectivity index (χ1n) is 4.97. The average Bonchev–Trinajstić information content (AvgIpc) is 2.26. The fourth-order valence-corrected chi connectivity index (χ4v) is 1.46. The molecule has 0 spiro atoms. The highest BCUT2D eigenvalue weighted by atomic mass is 16.5. The van der Waals surface area contributed by atoms with Crippen LogP contribution in [0.4, 0.5) is 0 Å². The number of methoxy groups -OCH3 is 1. The first kappa shape index (κ1) is 11.5. The van der Waals surface area contributed by atoms with Crippen LogP contribution in [-0.2, 0) is 11.2 Å². The summed E-state index contributed by atoms with van der Waals surface area (Å²) in [5.41, 5.74) is 3.46. The van der Waals surface area contributed by atoms with Gasteiger partial charge in [0.05, 0.1) is 12.7 Å². The first-order valence-corrected chi connectivity index (χ1v) is 4.97. The van der Waals surface area contributed by atoms with Gasteiger partial charge in [0.2, 0.25) is 0 Å². The number of allylic oxidation sites excluding steroid dienone is 1. The number of hydrogen-bond acceptors (Lipinski definition) is 2. The maximum atomic E-state index is 11.5. The molecule has 1 aromatic carbocycles. The molecular formula is C13H16O2. The number of aryl methyl sites for hydroxylation is 1. The molecule has 0 aliphatic heterocycles. The molecule has 1 aromatic rings. The molecule has 0 aliphatic carbocycles. The number of carbonyl (C=O) groups is 1. The van der Waals surface area contributed by atoms with Gasteiger partial charge < -0.3 is 4.74 Å². The maximum Gasteiger partial charge on any atom is 0.338 e. The zero-order valence-corrected chi connectivity index (χ0v) is 9.46. The van der Waals surface area contributed by atoms with Gasteiger partial charge in [-0.25, -0.2) is 4.79 Å². The summed E-state index contributed by atoms with van der Waals surface area (Å²) in [4.78, 5) is 11.5. The molecule has 0 unspecified atom stereocenters. The van der Waals surface area contributed by atoms with Gasteiger partial charge in [0, 0.05) is 0 Å². The molecule has 80 valence electrons. The number of rotatable bonds is 3. The highest BCUT2D eigenvalue weighted by Gasteiger charge is 2.12. The van der Waals surface area contributed by atoms with E-state index in [4.69, 9.17) is 4.74 Å². The van der Waals surface area contributed by atoms with E-state index in [-0.39, 0.29) is 5.97 Å². The number of esters is 1. The van der Waals surface area contributed by atoms with E-state index in [2.05, 4.69) is 13.5 Å². The molecule has 0 saturated heterocycles. The third-order valence-electron chi connectivity index (χ3n) is 2.36. The third kappa shape index (κ3) is 2.46. The molecule has 2 nitrogen and oxygen atoms in total. The van der Waals surface area contributed by atoms with Crippen LogP contribution in [-0.4, -0.2) is 13.1 Å². The predicted octanol–water partition coefficient (Wildman–Crippen LogP) is 3.07. The Balaban J connectivity index is 3.28. The van der Waals surface area contributed by atoms with E-state index in [1.165, 1.54) is 7.11 Å². The Morgan fingerprint density at radius 2 is 2.07 bits per heavy atom. The van der Waals surface area contributed by atoms with Crippen LogP contribution in [0.15, 0.2) is 24.8 Å². The fourth-order valence-electron chi connectivity index (χ4n) is 1.46. The second-order valence-electron chi connectivity index (χ2n) is 3.51. The van der Waals surface area contributed by atoms with Crippen molar-refractivity contribution >= 4 is 11.5 Å². The average molecular weight is 204 g/mol. The fraction of sp³-hybridized carbons (Fsp3) is 0.308. The molecule has 0 saturated carbocycles. The van der Waals surface area contributed by atoms with E-state index in [1.54, 1.807) is 0 Å². The van der Waals surface area contributed by atoms with Crippen LogP contribution < -0.4 is 0 Å². The summed E-state index contributed by atoms with van der Waals surface area (Å²) in [6.45, 7) is 7.79. The third-order valence-corrected chi connectivity index (χ3v) is 2.36. The van der Waals surface area contributed by atoms with Crippen molar-refractivity contribution in [1.82, 2.24) is 0 Å². The van der Waals surface area contributed by atoms with Gasteiger partial charge in [-0.3, -0.25) is 0 Å². The standard InChI is InChI=1S/C13H16O2/c1-5-10-6-7-11(9(2)3)12(8-10)13(14)15-4/h6-8H,2,5H2,1,3-4H3. The second-order valence-corrected chi connectivity index (χ2v) is 3.51. The van der Waals surface area contributed by atoms with Crippen LogP contribution in [0.1, 0.15) is 35.3 Å². The molecule has 0 heterocycles. The van der Waals surface area contributed by atoms with E-state index in [0.29, 0.717) is 5.56 Å². The Hall–Kier alpha value is -1.57. The number of carbonyl (C=O) groups excluding carboxylic acids is 1. The summed E-state index contributed by atoms with van der Waals surface area (Å²) in [7, 11) is 1.39. The topological polar surface area (TPSA) is 26.3 Å². The summed E-state index contributed by atoms with van der Waals surface area (Å²) in [6, 6.07) is 5.81. The Labute approximate surface area is 90.6 Å². The minimum Gasteiger partial charge on any atom is -0.465 e. The maximum absolute atomic E-state index is 11.5. The summed E-state index contributed by atoms with van der Waals surface area (Å²) in [5.74, 6) is -0.302. The lowest BCUT2D eigenvalue weighted by Gasteiger charge is -2.09. The highest BCUT2D eigenvalue weighted by molar-refractivity contribution is 5.95. The molecule has 0 aromatic heterocycles. The Morgan fingerprint density at radius 3 is 2.53 bits per heavy atom. The van der Waals surface area contributed by atoms with Crippen molar-refractivity contribution in [3.05, 3.63) is 41.5 Å². The lowest BCUT2D eigenvalue weighted by atomic mass is 9.98. The monoisotopic (exact) mass is 204 g/mol. The Kier molecular flexibility index (Phi) is 3.67. The van der Waals surface area contributed by atoms with Gasteiger partial charge in [0.1, 0.15) is 0 Å². The van der Waals surface area contributed by atoms with Gasteiger partial charge in [0.25, 0.3) is 0 Å². The van der Waals surface area contributed by atoms with Crippen molar-refractivity contribution in [3.63, 3.8) is 0 Å². The first-order chi connectivity index (χ1) is 7.10. The van der Waals surface area contributed by atoms with E-state index in [0.717, 1.165) is 23.1 Å². The van der Waals surface area contributed by atoms with Gasteiger partial charge in [0.15, 0.2) is 0 Å². The van der Waals surface area contributed by atoms with E-state index in [1.807, 2.05) is 25.1 Å². The van der Waals surface area contributed by atoms with Crippen molar-refractivity contribution in [2.75, 3.05) is 7.11 Å². The summed E-state index contributed by atoms with van der Waals surface area (Å²) < 4.78 is 4.75. The molecule has 0 radical (unpaired) electrons. The largest absolute Gasteiger partial charge is 0.465 e. The molecule has 0 aliphatic rings. The van der Waals surface area contributed by atoms with Gasteiger partial charge in [-0.1, -0.05) is 31.2 Å². The number of hydrogen-bond donors (Lipinski definition) is 0. The lowest BCUT2D eigenvalue weighted by Crippen LogP contribution is -2.05. The number of ether oxygens (including phenoxy) is 1. The zero-order valence-electron chi connectivity index (χ0n) is 9.46. The normalized spacial score (nSPS) is 9.80. The molecular weight excluding hydrogens is 188 g/mol.